The van der Waals surface area contributed by atoms with E-state index in [4.69, 9.17) is 10.5 Å². The fourth-order valence-electron chi connectivity index (χ4n) is 2.45. The van der Waals surface area contributed by atoms with Crippen LogP contribution in [-0.4, -0.2) is 22.6 Å². The van der Waals surface area contributed by atoms with E-state index < -0.39 is 0 Å². The minimum Gasteiger partial charge on any atom is -0.488 e. The number of aryl methyl sites for hydroxylation is 2. The summed E-state index contributed by atoms with van der Waals surface area (Å²) in [6, 6.07) is 6.17. The van der Waals surface area contributed by atoms with Gasteiger partial charge in [-0.3, -0.25) is 4.98 Å². The maximum Gasteiger partial charge on any atom is 0.132 e. The van der Waals surface area contributed by atoms with Crippen molar-refractivity contribution in [2.45, 2.75) is 26.4 Å². The minimum atomic E-state index is 0.0780. The summed E-state index contributed by atoms with van der Waals surface area (Å²) in [6.45, 7) is 4.45. The lowest BCUT2D eigenvalue weighted by Gasteiger charge is -2.12. The molecule has 0 amide bonds. The fourth-order valence-corrected chi connectivity index (χ4v) is 2.45. The van der Waals surface area contributed by atoms with Gasteiger partial charge in [0.15, 0.2) is 0 Å². The molecule has 0 radical (unpaired) electrons. The van der Waals surface area contributed by atoms with Gasteiger partial charge in [-0.1, -0.05) is 12.1 Å². The first-order valence-electron chi connectivity index (χ1n) is 6.48. The maximum atomic E-state index is 5.94. The van der Waals surface area contributed by atoms with Crippen LogP contribution in [0.2, 0.25) is 0 Å². The van der Waals surface area contributed by atoms with Gasteiger partial charge < -0.3 is 10.5 Å². The maximum absolute atomic E-state index is 5.94. The summed E-state index contributed by atoms with van der Waals surface area (Å²) in [7, 11) is 0. The van der Waals surface area contributed by atoms with E-state index in [0.717, 1.165) is 34.8 Å². The molecular weight excluding hydrogens is 238 g/mol. The third-order valence-corrected chi connectivity index (χ3v) is 3.42. The van der Waals surface area contributed by atoms with Crippen molar-refractivity contribution in [3.05, 3.63) is 41.3 Å². The Labute approximate surface area is 112 Å². The number of nitrogens with zero attached hydrogens (tertiary/aromatic N) is 2. The standard InChI is InChI=1S/C15H17N3O/c1-9-8-17-10(2)14(18-9)13-5-3-4-11-6-12(7-16)19-15(11)13/h3-5,8,12H,6-7,16H2,1-2H3/t12-/m0/s1. The molecule has 1 aromatic heterocycles. The quantitative estimate of drug-likeness (QED) is 0.892. The Bertz CT molecular complexity index is 625. The molecule has 1 aliphatic rings. The zero-order valence-corrected chi connectivity index (χ0v) is 11.2. The Morgan fingerprint density at radius 2 is 2.21 bits per heavy atom. The highest BCUT2D eigenvalue weighted by atomic mass is 16.5. The van der Waals surface area contributed by atoms with E-state index in [1.54, 1.807) is 6.20 Å². The molecule has 0 saturated carbocycles. The minimum absolute atomic E-state index is 0.0780. The summed E-state index contributed by atoms with van der Waals surface area (Å²) >= 11 is 0. The average Bonchev–Trinajstić information content (AvgIpc) is 2.84. The summed E-state index contributed by atoms with van der Waals surface area (Å²) in [5.41, 5.74) is 10.6. The number of hydrogen-bond donors (Lipinski definition) is 1. The van der Waals surface area contributed by atoms with E-state index in [-0.39, 0.29) is 6.10 Å². The molecule has 98 valence electrons. The van der Waals surface area contributed by atoms with Crippen molar-refractivity contribution in [1.29, 1.82) is 0 Å². The van der Waals surface area contributed by atoms with Crippen molar-refractivity contribution in [3.63, 3.8) is 0 Å². The number of aromatic nitrogens is 2. The summed E-state index contributed by atoms with van der Waals surface area (Å²) in [4.78, 5) is 8.97. The van der Waals surface area contributed by atoms with Crippen LogP contribution in [0.3, 0.4) is 0 Å². The number of rotatable bonds is 2. The van der Waals surface area contributed by atoms with Gasteiger partial charge in [-0.25, -0.2) is 4.98 Å². The Balaban J connectivity index is 2.13. The number of hydrogen-bond acceptors (Lipinski definition) is 4. The van der Waals surface area contributed by atoms with E-state index in [1.165, 1.54) is 5.56 Å². The first-order chi connectivity index (χ1) is 9.19. The zero-order chi connectivity index (χ0) is 13.4. The molecule has 0 bridgehead atoms. The molecule has 1 atom stereocenters. The van der Waals surface area contributed by atoms with E-state index in [0.29, 0.717) is 6.54 Å². The van der Waals surface area contributed by atoms with Crippen molar-refractivity contribution >= 4 is 0 Å². The molecule has 0 aliphatic carbocycles. The predicted octanol–water partition coefficient (Wildman–Crippen LogP) is 2.02. The lowest BCUT2D eigenvalue weighted by atomic mass is 10.0. The molecule has 2 N–H and O–H groups in total. The predicted molar refractivity (Wildman–Crippen MR) is 74.1 cm³/mol. The normalized spacial score (nSPS) is 17.1. The van der Waals surface area contributed by atoms with Crippen molar-refractivity contribution < 1.29 is 4.74 Å². The molecule has 4 heteroatoms. The van der Waals surface area contributed by atoms with E-state index in [1.807, 2.05) is 26.0 Å². The highest BCUT2D eigenvalue weighted by Crippen LogP contribution is 2.38. The first kappa shape index (κ1) is 12.1. The van der Waals surface area contributed by atoms with Crippen molar-refractivity contribution in [2.75, 3.05) is 6.54 Å². The third-order valence-electron chi connectivity index (χ3n) is 3.42. The van der Waals surface area contributed by atoms with Crippen LogP contribution in [-0.2, 0) is 6.42 Å². The Hall–Kier alpha value is -1.94. The second kappa shape index (κ2) is 4.63. The van der Waals surface area contributed by atoms with Crippen LogP contribution in [0.4, 0.5) is 0 Å². The van der Waals surface area contributed by atoms with Gasteiger partial charge >= 0.3 is 0 Å². The molecule has 0 unspecified atom stereocenters. The van der Waals surface area contributed by atoms with Gasteiger partial charge in [0.05, 0.1) is 17.1 Å². The Kier molecular flexibility index (Phi) is 2.95. The van der Waals surface area contributed by atoms with Crippen LogP contribution in [0.25, 0.3) is 11.3 Å². The highest BCUT2D eigenvalue weighted by Gasteiger charge is 2.25. The van der Waals surface area contributed by atoms with Crippen molar-refractivity contribution in [3.8, 4) is 17.0 Å². The van der Waals surface area contributed by atoms with Gasteiger partial charge in [-0.05, 0) is 25.5 Å². The van der Waals surface area contributed by atoms with E-state index >= 15 is 0 Å². The number of nitrogens with two attached hydrogens (primary N) is 1. The second-order valence-electron chi connectivity index (χ2n) is 4.92. The second-order valence-corrected chi connectivity index (χ2v) is 4.92. The molecule has 2 heterocycles. The average molecular weight is 255 g/mol. The van der Waals surface area contributed by atoms with E-state index in [9.17, 15) is 0 Å². The molecule has 0 fully saturated rings. The van der Waals surface area contributed by atoms with Crippen LogP contribution >= 0.6 is 0 Å². The smallest absolute Gasteiger partial charge is 0.132 e. The molecule has 0 saturated heterocycles. The van der Waals surface area contributed by atoms with Crippen LogP contribution < -0.4 is 10.5 Å². The highest BCUT2D eigenvalue weighted by molar-refractivity contribution is 5.71. The van der Waals surface area contributed by atoms with E-state index in [2.05, 4.69) is 16.0 Å². The number of benzene rings is 1. The topological polar surface area (TPSA) is 61.0 Å². The molecule has 3 rings (SSSR count). The van der Waals surface area contributed by atoms with Crippen LogP contribution in [0.15, 0.2) is 24.4 Å². The van der Waals surface area contributed by atoms with Gasteiger partial charge in [0, 0.05) is 24.7 Å². The lowest BCUT2D eigenvalue weighted by molar-refractivity contribution is 0.242. The van der Waals surface area contributed by atoms with Gasteiger partial charge in [0.1, 0.15) is 11.9 Å². The molecule has 1 aliphatic heterocycles. The molecule has 1 aromatic carbocycles. The molecule has 4 nitrogen and oxygen atoms in total. The Morgan fingerprint density at radius 1 is 1.37 bits per heavy atom. The number of fused-ring (bicyclic) bond motifs is 1. The zero-order valence-electron chi connectivity index (χ0n) is 11.2. The van der Waals surface area contributed by atoms with Crippen LogP contribution in [0.5, 0.6) is 5.75 Å². The lowest BCUT2D eigenvalue weighted by Crippen LogP contribution is -2.24. The third kappa shape index (κ3) is 2.08. The first-order valence-corrected chi connectivity index (χ1v) is 6.48. The fraction of sp³-hybridized carbons (Fsp3) is 0.333. The molecule has 0 spiro atoms. The summed E-state index contributed by atoms with van der Waals surface area (Å²) < 4.78 is 5.94. The van der Waals surface area contributed by atoms with Crippen molar-refractivity contribution in [1.82, 2.24) is 9.97 Å². The van der Waals surface area contributed by atoms with Gasteiger partial charge in [0.25, 0.3) is 0 Å². The van der Waals surface area contributed by atoms with Gasteiger partial charge in [0.2, 0.25) is 0 Å². The van der Waals surface area contributed by atoms with Gasteiger partial charge in [-0.15, -0.1) is 0 Å². The monoisotopic (exact) mass is 255 g/mol. The molecular formula is C15H17N3O. The summed E-state index contributed by atoms with van der Waals surface area (Å²) in [5.74, 6) is 0.918. The number of para-hydroxylation sites is 1. The Morgan fingerprint density at radius 3 is 3.00 bits per heavy atom. The van der Waals surface area contributed by atoms with Crippen LogP contribution in [0.1, 0.15) is 17.0 Å². The largest absolute Gasteiger partial charge is 0.488 e. The number of ether oxygens (including phenoxy) is 1. The molecule has 2 aromatic rings. The SMILES string of the molecule is Cc1cnc(C)c(-c2cccc3c2O[C@H](CN)C3)n1. The van der Waals surface area contributed by atoms with Crippen LogP contribution in [0, 0.1) is 13.8 Å². The van der Waals surface area contributed by atoms with Gasteiger partial charge in [-0.2, -0.15) is 0 Å². The van der Waals surface area contributed by atoms with Crippen molar-refractivity contribution in [2.24, 2.45) is 5.73 Å². The summed E-state index contributed by atoms with van der Waals surface area (Å²) in [6.07, 6.45) is 2.73. The summed E-state index contributed by atoms with van der Waals surface area (Å²) in [5, 5.41) is 0. The molecule has 19 heavy (non-hydrogen) atoms.